The third-order valence-corrected chi connectivity index (χ3v) is 2.47. The van der Waals surface area contributed by atoms with Gasteiger partial charge in [-0.3, -0.25) is 4.79 Å². The molecule has 0 radical (unpaired) electrons. The first kappa shape index (κ1) is 12.6. The molecule has 0 saturated heterocycles. The number of hydrogen-bond donors (Lipinski definition) is 1. The maximum Gasteiger partial charge on any atom is 0.274 e. The first-order valence-electron chi connectivity index (χ1n) is 5.54. The van der Waals surface area contributed by atoms with Gasteiger partial charge in [0.25, 0.3) is 5.91 Å². The predicted molar refractivity (Wildman–Crippen MR) is 69.9 cm³/mol. The molecule has 0 saturated carbocycles. The van der Waals surface area contributed by atoms with Crippen LogP contribution in [0.5, 0.6) is 5.75 Å². The Morgan fingerprint density at radius 1 is 1.26 bits per heavy atom. The molecule has 19 heavy (non-hydrogen) atoms. The molecule has 2 aromatic rings. The molecule has 1 heterocycles. The van der Waals surface area contributed by atoms with Crippen molar-refractivity contribution < 1.29 is 9.53 Å². The van der Waals surface area contributed by atoms with Gasteiger partial charge in [0.2, 0.25) is 0 Å². The highest BCUT2D eigenvalue weighted by Crippen LogP contribution is 2.15. The second-order valence-electron chi connectivity index (χ2n) is 3.73. The lowest BCUT2D eigenvalue weighted by molar-refractivity contribution is 0.102. The summed E-state index contributed by atoms with van der Waals surface area (Å²) >= 11 is 0. The van der Waals surface area contributed by atoms with E-state index in [0.29, 0.717) is 11.3 Å². The number of hydrogen-bond acceptors (Lipinski definition) is 4. The molecule has 0 fully saturated rings. The summed E-state index contributed by atoms with van der Waals surface area (Å²) in [7, 11) is 1.58. The van der Waals surface area contributed by atoms with Crippen molar-refractivity contribution in [3.05, 3.63) is 53.9 Å². The van der Waals surface area contributed by atoms with E-state index in [1.165, 1.54) is 12.3 Å². The Balaban J connectivity index is 2.09. The van der Waals surface area contributed by atoms with E-state index in [2.05, 4.69) is 10.3 Å². The van der Waals surface area contributed by atoms with Crippen LogP contribution in [0, 0.1) is 11.3 Å². The standard InChI is InChI=1S/C14H11N3O2/c1-19-12-5-3-11(4-6-12)17-14(18)13-7-2-10(8-15)9-16-13/h2-7,9H,1H3,(H,17,18). The molecule has 0 spiro atoms. The summed E-state index contributed by atoms with van der Waals surface area (Å²) < 4.78 is 5.03. The Morgan fingerprint density at radius 2 is 2.00 bits per heavy atom. The number of nitrogens with zero attached hydrogens (tertiary/aromatic N) is 2. The second-order valence-corrected chi connectivity index (χ2v) is 3.73. The fraction of sp³-hybridized carbons (Fsp3) is 0.0714. The number of nitriles is 1. The number of nitrogens with one attached hydrogen (secondary N) is 1. The fourth-order valence-corrected chi connectivity index (χ4v) is 1.46. The summed E-state index contributed by atoms with van der Waals surface area (Å²) in [6.07, 6.45) is 1.36. The quantitative estimate of drug-likeness (QED) is 0.910. The van der Waals surface area contributed by atoms with Gasteiger partial charge in [-0.05, 0) is 36.4 Å². The molecule has 5 nitrogen and oxygen atoms in total. The van der Waals surface area contributed by atoms with E-state index in [1.54, 1.807) is 37.4 Å². The summed E-state index contributed by atoms with van der Waals surface area (Å²) in [5, 5.41) is 11.4. The van der Waals surface area contributed by atoms with Crippen molar-refractivity contribution in [2.24, 2.45) is 0 Å². The van der Waals surface area contributed by atoms with Gasteiger partial charge in [-0.15, -0.1) is 0 Å². The van der Waals surface area contributed by atoms with Crippen LogP contribution < -0.4 is 10.1 Å². The number of amides is 1. The molecule has 5 heteroatoms. The van der Waals surface area contributed by atoms with Gasteiger partial charge in [0, 0.05) is 11.9 Å². The molecular weight excluding hydrogens is 242 g/mol. The average Bonchev–Trinajstić information content (AvgIpc) is 2.48. The Bertz CT molecular complexity index is 613. The normalized spacial score (nSPS) is 9.47. The summed E-state index contributed by atoms with van der Waals surface area (Å²) in [5.41, 5.74) is 1.33. The van der Waals surface area contributed by atoms with Crippen LogP contribution in [-0.4, -0.2) is 18.0 Å². The number of anilines is 1. The van der Waals surface area contributed by atoms with Crippen molar-refractivity contribution in [3.8, 4) is 11.8 Å². The lowest BCUT2D eigenvalue weighted by Gasteiger charge is -2.05. The Morgan fingerprint density at radius 3 is 2.53 bits per heavy atom. The van der Waals surface area contributed by atoms with Gasteiger partial charge in [-0.1, -0.05) is 0 Å². The molecule has 0 unspecified atom stereocenters. The van der Waals surface area contributed by atoms with Gasteiger partial charge in [0.1, 0.15) is 17.5 Å². The minimum absolute atomic E-state index is 0.259. The Labute approximate surface area is 110 Å². The zero-order valence-electron chi connectivity index (χ0n) is 10.3. The van der Waals surface area contributed by atoms with Crippen LogP contribution >= 0.6 is 0 Å². The van der Waals surface area contributed by atoms with Crippen molar-refractivity contribution in [2.75, 3.05) is 12.4 Å². The van der Waals surface area contributed by atoms with E-state index in [0.717, 1.165) is 5.75 Å². The van der Waals surface area contributed by atoms with Gasteiger partial charge < -0.3 is 10.1 Å². The molecule has 94 valence electrons. The molecule has 0 aliphatic carbocycles. The van der Waals surface area contributed by atoms with E-state index >= 15 is 0 Å². The van der Waals surface area contributed by atoms with Crippen molar-refractivity contribution in [1.82, 2.24) is 4.98 Å². The number of pyridine rings is 1. The van der Waals surface area contributed by atoms with Gasteiger partial charge in [0.05, 0.1) is 12.7 Å². The van der Waals surface area contributed by atoms with Crippen molar-refractivity contribution in [1.29, 1.82) is 5.26 Å². The van der Waals surface area contributed by atoms with E-state index in [4.69, 9.17) is 10.00 Å². The smallest absolute Gasteiger partial charge is 0.274 e. The molecule has 0 aliphatic rings. The van der Waals surface area contributed by atoms with Crippen LogP contribution in [-0.2, 0) is 0 Å². The zero-order chi connectivity index (χ0) is 13.7. The number of aromatic nitrogens is 1. The molecule has 1 amide bonds. The van der Waals surface area contributed by atoms with Crippen LogP contribution in [0.2, 0.25) is 0 Å². The van der Waals surface area contributed by atoms with Gasteiger partial charge in [-0.25, -0.2) is 4.98 Å². The van der Waals surface area contributed by atoms with Crippen LogP contribution in [0.4, 0.5) is 5.69 Å². The summed E-state index contributed by atoms with van der Waals surface area (Å²) in [4.78, 5) is 15.8. The number of methoxy groups -OCH3 is 1. The van der Waals surface area contributed by atoms with E-state index in [9.17, 15) is 4.79 Å². The number of rotatable bonds is 3. The van der Waals surface area contributed by atoms with Crippen LogP contribution in [0.3, 0.4) is 0 Å². The largest absolute Gasteiger partial charge is 0.497 e. The van der Waals surface area contributed by atoms with Gasteiger partial charge >= 0.3 is 0 Å². The number of benzene rings is 1. The molecule has 0 aliphatic heterocycles. The molecule has 0 atom stereocenters. The predicted octanol–water partition coefficient (Wildman–Crippen LogP) is 2.21. The van der Waals surface area contributed by atoms with E-state index < -0.39 is 0 Å². The van der Waals surface area contributed by atoms with Crippen molar-refractivity contribution >= 4 is 11.6 Å². The molecule has 2 rings (SSSR count). The minimum Gasteiger partial charge on any atom is -0.497 e. The second kappa shape index (κ2) is 5.65. The maximum absolute atomic E-state index is 11.9. The lowest BCUT2D eigenvalue weighted by atomic mass is 10.2. The number of carbonyl (C=O) groups is 1. The molecule has 1 aromatic heterocycles. The van der Waals surface area contributed by atoms with E-state index in [-0.39, 0.29) is 11.6 Å². The molecule has 0 bridgehead atoms. The third kappa shape index (κ3) is 3.07. The third-order valence-electron chi connectivity index (χ3n) is 2.47. The number of carbonyl (C=O) groups excluding carboxylic acids is 1. The topological polar surface area (TPSA) is 75.0 Å². The molecule has 1 N–H and O–H groups in total. The molecular formula is C14H11N3O2. The van der Waals surface area contributed by atoms with Crippen LogP contribution in [0.15, 0.2) is 42.6 Å². The van der Waals surface area contributed by atoms with Gasteiger partial charge in [-0.2, -0.15) is 5.26 Å². The van der Waals surface area contributed by atoms with Crippen LogP contribution in [0.1, 0.15) is 16.1 Å². The van der Waals surface area contributed by atoms with Crippen LogP contribution in [0.25, 0.3) is 0 Å². The van der Waals surface area contributed by atoms with Gasteiger partial charge in [0.15, 0.2) is 0 Å². The first-order chi connectivity index (χ1) is 9.22. The summed E-state index contributed by atoms with van der Waals surface area (Å²) in [6.45, 7) is 0. The highest BCUT2D eigenvalue weighted by molar-refractivity contribution is 6.02. The zero-order valence-corrected chi connectivity index (χ0v) is 10.3. The highest BCUT2D eigenvalue weighted by Gasteiger charge is 2.07. The summed E-state index contributed by atoms with van der Waals surface area (Å²) in [5.74, 6) is 0.393. The average molecular weight is 253 g/mol. The summed E-state index contributed by atoms with van der Waals surface area (Å²) in [6, 6.07) is 12.0. The fourth-order valence-electron chi connectivity index (χ4n) is 1.46. The van der Waals surface area contributed by atoms with Crippen molar-refractivity contribution in [3.63, 3.8) is 0 Å². The minimum atomic E-state index is -0.324. The monoisotopic (exact) mass is 253 g/mol. The molecule has 1 aromatic carbocycles. The maximum atomic E-state index is 11.9. The first-order valence-corrected chi connectivity index (χ1v) is 5.54. The highest BCUT2D eigenvalue weighted by atomic mass is 16.5. The SMILES string of the molecule is COc1ccc(NC(=O)c2ccc(C#N)cn2)cc1. The lowest BCUT2D eigenvalue weighted by Crippen LogP contribution is -2.13. The Kier molecular flexibility index (Phi) is 3.74. The Hall–Kier alpha value is -2.87. The van der Waals surface area contributed by atoms with E-state index in [1.807, 2.05) is 6.07 Å². The number of ether oxygens (including phenoxy) is 1. The van der Waals surface area contributed by atoms with Crippen molar-refractivity contribution in [2.45, 2.75) is 0 Å².